The number of nitrogens with zero attached hydrogens (tertiary/aromatic N) is 3. The Balaban J connectivity index is 1.58. The molecule has 0 amide bonds. The summed E-state index contributed by atoms with van der Waals surface area (Å²) >= 11 is 0. The Morgan fingerprint density at radius 1 is 1.25 bits per heavy atom. The van der Waals surface area contributed by atoms with Crippen LogP contribution < -0.4 is 5.32 Å². The largest absolute Gasteiger partial charge is 0.373 e. The number of morpholine rings is 1. The minimum absolute atomic E-state index is 0.324. The summed E-state index contributed by atoms with van der Waals surface area (Å²) in [6.45, 7) is 8.16. The molecule has 1 aliphatic rings. The van der Waals surface area contributed by atoms with Gasteiger partial charge in [-0.2, -0.15) is 0 Å². The average Bonchev–Trinajstić information content (AvgIpc) is 2.39. The zero-order valence-corrected chi connectivity index (χ0v) is 12.2. The summed E-state index contributed by atoms with van der Waals surface area (Å²) in [7, 11) is 0. The number of halogens is 1. The second-order valence-electron chi connectivity index (χ2n) is 5.38. The van der Waals surface area contributed by atoms with Gasteiger partial charge in [-0.15, -0.1) is 0 Å². The lowest BCUT2D eigenvalue weighted by atomic mass is 10.2. The van der Waals surface area contributed by atoms with Gasteiger partial charge in [0.1, 0.15) is 0 Å². The van der Waals surface area contributed by atoms with Crippen LogP contribution in [0.25, 0.3) is 0 Å². The number of nitrogens with one attached hydrogen (secondary N) is 1. The lowest BCUT2D eigenvalue weighted by molar-refractivity contribution is -0.0681. The van der Waals surface area contributed by atoms with Crippen LogP contribution in [0.1, 0.15) is 26.7 Å². The van der Waals surface area contributed by atoms with E-state index in [-0.39, 0.29) is 0 Å². The number of unbranched alkanes of at least 4 members (excludes halogenated alkanes) is 1. The first-order chi connectivity index (χ1) is 9.63. The number of aromatic nitrogens is 2. The SMILES string of the molecule is C[C@H]1CN(CCCCNc2ncc(F)cn2)C[C@H](C)O1. The number of hydrogen-bond acceptors (Lipinski definition) is 5. The molecular weight excluding hydrogens is 259 g/mol. The molecule has 1 aromatic heterocycles. The Bertz CT molecular complexity index is 391. The molecule has 0 aliphatic carbocycles. The molecule has 2 rings (SSSR count). The summed E-state index contributed by atoms with van der Waals surface area (Å²) in [5.74, 6) is 0.0751. The van der Waals surface area contributed by atoms with E-state index in [0.29, 0.717) is 18.2 Å². The highest BCUT2D eigenvalue weighted by molar-refractivity contribution is 5.21. The monoisotopic (exact) mass is 282 g/mol. The molecule has 1 aromatic rings. The Labute approximate surface area is 119 Å². The van der Waals surface area contributed by atoms with Crippen LogP contribution in [0, 0.1) is 5.82 Å². The minimum Gasteiger partial charge on any atom is -0.373 e. The number of hydrogen-bond donors (Lipinski definition) is 1. The van der Waals surface area contributed by atoms with Crippen LogP contribution in [0.15, 0.2) is 12.4 Å². The maximum Gasteiger partial charge on any atom is 0.222 e. The normalized spacial score (nSPS) is 23.8. The summed E-state index contributed by atoms with van der Waals surface area (Å²) in [6.07, 6.45) is 5.15. The molecule has 0 spiro atoms. The van der Waals surface area contributed by atoms with Crippen molar-refractivity contribution in [2.75, 3.05) is 31.5 Å². The van der Waals surface area contributed by atoms with E-state index in [1.807, 2.05) is 0 Å². The molecule has 1 fully saturated rings. The molecular formula is C14H23FN4O. The molecule has 112 valence electrons. The van der Waals surface area contributed by atoms with Gasteiger partial charge < -0.3 is 10.1 Å². The molecule has 0 bridgehead atoms. The fourth-order valence-corrected chi connectivity index (χ4v) is 2.53. The fourth-order valence-electron chi connectivity index (χ4n) is 2.53. The molecule has 2 atom stereocenters. The zero-order chi connectivity index (χ0) is 14.4. The van der Waals surface area contributed by atoms with Crippen LogP contribution in [0.3, 0.4) is 0 Å². The van der Waals surface area contributed by atoms with Crippen molar-refractivity contribution in [1.82, 2.24) is 14.9 Å². The second kappa shape index (κ2) is 7.50. The molecule has 1 saturated heterocycles. The lowest BCUT2D eigenvalue weighted by Crippen LogP contribution is -2.45. The maximum absolute atomic E-state index is 12.6. The van der Waals surface area contributed by atoms with Gasteiger partial charge in [-0.1, -0.05) is 0 Å². The third-order valence-corrected chi connectivity index (χ3v) is 3.30. The van der Waals surface area contributed by atoms with Crippen LogP contribution in [-0.4, -0.2) is 53.3 Å². The van der Waals surface area contributed by atoms with E-state index in [2.05, 4.69) is 34.0 Å². The first-order valence-electron chi connectivity index (χ1n) is 7.22. The van der Waals surface area contributed by atoms with Crippen molar-refractivity contribution < 1.29 is 9.13 Å². The number of anilines is 1. The van der Waals surface area contributed by atoms with Crippen LogP contribution in [0.2, 0.25) is 0 Å². The van der Waals surface area contributed by atoms with Crippen molar-refractivity contribution in [2.45, 2.75) is 38.9 Å². The van der Waals surface area contributed by atoms with Gasteiger partial charge in [-0.25, -0.2) is 14.4 Å². The Morgan fingerprint density at radius 3 is 2.55 bits per heavy atom. The highest BCUT2D eigenvalue weighted by Gasteiger charge is 2.21. The van der Waals surface area contributed by atoms with Gasteiger partial charge in [0.25, 0.3) is 0 Å². The van der Waals surface area contributed by atoms with Crippen molar-refractivity contribution in [3.63, 3.8) is 0 Å². The van der Waals surface area contributed by atoms with E-state index in [1.165, 1.54) is 12.4 Å². The van der Waals surface area contributed by atoms with Gasteiger partial charge in [-0.05, 0) is 33.2 Å². The second-order valence-corrected chi connectivity index (χ2v) is 5.38. The third kappa shape index (κ3) is 5.02. The molecule has 0 unspecified atom stereocenters. The highest BCUT2D eigenvalue weighted by atomic mass is 19.1. The first-order valence-corrected chi connectivity index (χ1v) is 7.22. The smallest absolute Gasteiger partial charge is 0.222 e. The maximum atomic E-state index is 12.6. The van der Waals surface area contributed by atoms with E-state index < -0.39 is 5.82 Å². The van der Waals surface area contributed by atoms with Gasteiger partial charge in [0.05, 0.1) is 24.6 Å². The number of rotatable bonds is 6. The fraction of sp³-hybridized carbons (Fsp3) is 0.714. The van der Waals surface area contributed by atoms with Gasteiger partial charge >= 0.3 is 0 Å². The minimum atomic E-state index is -0.411. The van der Waals surface area contributed by atoms with Crippen LogP contribution in [-0.2, 0) is 4.74 Å². The zero-order valence-electron chi connectivity index (χ0n) is 12.2. The highest BCUT2D eigenvalue weighted by Crippen LogP contribution is 2.11. The summed E-state index contributed by atoms with van der Waals surface area (Å²) in [4.78, 5) is 10.2. The first kappa shape index (κ1) is 15.1. The van der Waals surface area contributed by atoms with E-state index in [9.17, 15) is 4.39 Å². The summed E-state index contributed by atoms with van der Waals surface area (Å²) in [5, 5.41) is 3.10. The van der Waals surface area contributed by atoms with Crippen molar-refractivity contribution in [1.29, 1.82) is 0 Å². The quantitative estimate of drug-likeness (QED) is 0.808. The molecule has 1 N–H and O–H groups in total. The van der Waals surface area contributed by atoms with E-state index in [0.717, 1.165) is 39.0 Å². The van der Waals surface area contributed by atoms with E-state index in [1.54, 1.807) is 0 Å². The van der Waals surface area contributed by atoms with Crippen molar-refractivity contribution in [2.24, 2.45) is 0 Å². The van der Waals surface area contributed by atoms with Crippen molar-refractivity contribution >= 4 is 5.95 Å². The van der Waals surface area contributed by atoms with Crippen LogP contribution >= 0.6 is 0 Å². The Hall–Kier alpha value is -1.27. The average molecular weight is 282 g/mol. The van der Waals surface area contributed by atoms with Crippen LogP contribution in [0.4, 0.5) is 10.3 Å². The number of ether oxygens (including phenoxy) is 1. The lowest BCUT2D eigenvalue weighted by Gasteiger charge is -2.35. The van der Waals surface area contributed by atoms with Gasteiger partial charge in [-0.3, -0.25) is 4.90 Å². The predicted molar refractivity (Wildman–Crippen MR) is 76.2 cm³/mol. The summed E-state index contributed by atoms with van der Waals surface area (Å²) in [5.41, 5.74) is 0. The molecule has 0 aromatic carbocycles. The standard InChI is InChI=1S/C14H23FN4O/c1-11-9-19(10-12(2)20-11)6-4-3-5-16-14-17-7-13(15)8-18-14/h7-8,11-12H,3-6,9-10H2,1-2H3,(H,16,17,18)/t11-,12-/m0/s1. The van der Waals surface area contributed by atoms with Crippen molar-refractivity contribution in [3.8, 4) is 0 Å². The van der Waals surface area contributed by atoms with Gasteiger partial charge in [0.2, 0.25) is 5.95 Å². The van der Waals surface area contributed by atoms with Gasteiger partial charge in [0.15, 0.2) is 5.82 Å². The molecule has 0 saturated carbocycles. The van der Waals surface area contributed by atoms with Gasteiger partial charge in [0, 0.05) is 19.6 Å². The topological polar surface area (TPSA) is 50.3 Å². The Kier molecular flexibility index (Phi) is 5.67. The molecule has 20 heavy (non-hydrogen) atoms. The molecule has 2 heterocycles. The summed E-state index contributed by atoms with van der Waals surface area (Å²) in [6, 6.07) is 0. The predicted octanol–water partition coefficient (Wildman–Crippen LogP) is 1.92. The summed E-state index contributed by atoms with van der Waals surface area (Å²) < 4.78 is 18.3. The third-order valence-electron chi connectivity index (χ3n) is 3.30. The van der Waals surface area contributed by atoms with E-state index >= 15 is 0 Å². The van der Waals surface area contributed by atoms with Crippen molar-refractivity contribution in [3.05, 3.63) is 18.2 Å². The Morgan fingerprint density at radius 2 is 1.90 bits per heavy atom. The van der Waals surface area contributed by atoms with Crippen LogP contribution in [0.5, 0.6) is 0 Å². The molecule has 0 radical (unpaired) electrons. The molecule has 1 aliphatic heterocycles. The van der Waals surface area contributed by atoms with E-state index in [4.69, 9.17) is 4.74 Å². The molecule has 6 heteroatoms. The molecule has 5 nitrogen and oxygen atoms in total.